The van der Waals surface area contributed by atoms with Crippen LogP contribution in [0.3, 0.4) is 0 Å². The second-order valence-corrected chi connectivity index (χ2v) is 7.90. The van der Waals surface area contributed by atoms with Crippen molar-refractivity contribution in [1.29, 1.82) is 0 Å². The summed E-state index contributed by atoms with van der Waals surface area (Å²) in [5, 5.41) is -0.819. The van der Waals surface area contributed by atoms with Gasteiger partial charge in [0.15, 0.2) is 15.9 Å². The molecule has 0 N–H and O–H groups in total. The second kappa shape index (κ2) is 6.44. The number of hydrogen-bond donors (Lipinski definition) is 0. The molecule has 0 radical (unpaired) electrons. The maximum Gasteiger partial charge on any atom is 0.418 e. The number of rotatable bonds is 3. The van der Waals surface area contributed by atoms with E-state index in [0.717, 1.165) is 5.06 Å². The molecule has 0 spiro atoms. The van der Waals surface area contributed by atoms with E-state index in [0.29, 0.717) is 5.56 Å². The molecular formula is C17H16F3NO3S. The minimum Gasteiger partial charge on any atom is -0.284 e. The Bertz CT molecular complexity index is 825. The smallest absolute Gasteiger partial charge is 0.284 e. The number of alkyl halides is 3. The van der Waals surface area contributed by atoms with Crippen molar-refractivity contribution in [1.82, 2.24) is 5.06 Å². The van der Waals surface area contributed by atoms with E-state index in [4.69, 9.17) is 4.84 Å². The van der Waals surface area contributed by atoms with E-state index >= 15 is 0 Å². The lowest BCUT2D eigenvalue weighted by molar-refractivity contribution is -0.260. The van der Waals surface area contributed by atoms with E-state index in [9.17, 15) is 21.6 Å². The minimum absolute atomic E-state index is 0.158. The first-order valence-electron chi connectivity index (χ1n) is 7.53. The van der Waals surface area contributed by atoms with Crippen molar-refractivity contribution < 1.29 is 26.4 Å². The Morgan fingerprint density at radius 1 is 0.960 bits per heavy atom. The number of nitrogens with zero attached hydrogens (tertiary/aromatic N) is 1. The summed E-state index contributed by atoms with van der Waals surface area (Å²) in [6, 6.07) is 14.3. The molecule has 4 nitrogen and oxygen atoms in total. The van der Waals surface area contributed by atoms with Gasteiger partial charge in [-0.05, 0) is 17.7 Å². The van der Waals surface area contributed by atoms with E-state index in [2.05, 4.69) is 0 Å². The summed E-state index contributed by atoms with van der Waals surface area (Å²) in [7, 11) is -2.97. The lowest BCUT2D eigenvalue weighted by Gasteiger charge is -2.24. The number of hydrogen-bond acceptors (Lipinski definition) is 4. The van der Waals surface area contributed by atoms with Crippen LogP contribution in [0.2, 0.25) is 0 Å². The van der Waals surface area contributed by atoms with Gasteiger partial charge in [-0.3, -0.25) is 4.84 Å². The molecule has 0 aromatic heterocycles. The molecule has 134 valence electrons. The normalized spacial score (nSPS) is 25.2. The highest BCUT2D eigenvalue weighted by Crippen LogP contribution is 2.45. The molecule has 0 unspecified atom stereocenters. The Morgan fingerprint density at radius 2 is 1.48 bits per heavy atom. The van der Waals surface area contributed by atoms with E-state index in [1.807, 2.05) is 0 Å². The van der Waals surface area contributed by atoms with Crippen molar-refractivity contribution in [2.24, 2.45) is 0 Å². The van der Waals surface area contributed by atoms with Gasteiger partial charge in [0.25, 0.3) is 0 Å². The molecule has 0 aliphatic carbocycles. The quantitative estimate of drug-likeness (QED) is 0.830. The van der Waals surface area contributed by atoms with Gasteiger partial charge in [0.2, 0.25) is 0 Å². The zero-order valence-corrected chi connectivity index (χ0v) is 14.0. The lowest BCUT2D eigenvalue weighted by Crippen LogP contribution is -2.43. The number of halogens is 3. The molecule has 1 aliphatic heterocycles. The Balaban J connectivity index is 2.15. The topological polar surface area (TPSA) is 46.6 Å². The van der Waals surface area contributed by atoms with E-state index < -0.39 is 33.4 Å². The van der Waals surface area contributed by atoms with Crippen LogP contribution in [0.15, 0.2) is 65.6 Å². The highest BCUT2D eigenvalue weighted by molar-refractivity contribution is 7.92. The van der Waals surface area contributed by atoms with Gasteiger partial charge in [-0.2, -0.15) is 18.2 Å². The summed E-state index contributed by atoms with van der Waals surface area (Å²) >= 11 is 0. The monoisotopic (exact) mass is 371 g/mol. The molecule has 1 saturated heterocycles. The van der Waals surface area contributed by atoms with E-state index in [1.165, 1.54) is 31.3 Å². The van der Waals surface area contributed by atoms with Crippen molar-refractivity contribution in [3.63, 3.8) is 0 Å². The third kappa shape index (κ3) is 3.29. The summed E-state index contributed by atoms with van der Waals surface area (Å²) in [6.07, 6.45) is -7.25. The summed E-state index contributed by atoms with van der Waals surface area (Å²) in [5.74, 6) is 0. The summed E-state index contributed by atoms with van der Waals surface area (Å²) in [5.41, 5.74) is 0.446. The lowest BCUT2D eigenvalue weighted by atomic mass is 10.0. The van der Waals surface area contributed by atoms with Gasteiger partial charge in [0.1, 0.15) is 5.25 Å². The van der Waals surface area contributed by atoms with Crippen molar-refractivity contribution in [3.8, 4) is 0 Å². The molecule has 8 heteroatoms. The molecule has 0 saturated carbocycles. The van der Waals surface area contributed by atoms with Gasteiger partial charge in [0.05, 0.1) is 10.9 Å². The largest absolute Gasteiger partial charge is 0.418 e. The van der Waals surface area contributed by atoms with Crippen LogP contribution >= 0.6 is 0 Å². The van der Waals surface area contributed by atoms with Crippen LogP contribution in [0.1, 0.15) is 11.6 Å². The zero-order valence-electron chi connectivity index (χ0n) is 13.2. The van der Waals surface area contributed by atoms with Gasteiger partial charge in [0, 0.05) is 7.05 Å². The Kier molecular flexibility index (Phi) is 4.61. The van der Waals surface area contributed by atoms with Crippen molar-refractivity contribution in [3.05, 3.63) is 66.2 Å². The van der Waals surface area contributed by atoms with Crippen LogP contribution in [-0.2, 0) is 14.7 Å². The third-order valence-corrected chi connectivity index (χ3v) is 6.33. The first-order chi connectivity index (χ1) is 11.7. The Hall–Kier alpha value is -1.90. The van der Waals surface area contributed by atoms with Crippen molar-refractivity contribution >= 4 is 9.84 Å². The maximum atomic E-state index is 13.5. The van der Waals surface area contributed by atoms with Gasteiger partial charge >= 0.3 is 6.18 Å². The Morgan fingerprint density at radius 3 is 2.00 bits per heavy atom. The molecular weight excluding hydrogens is 355 g/mol. The van der Waals surface area contributed by atoms with Crippen LogP contribution in [0.4, 0.5) is 13.2 Å². The molecule has 25 heavy (non-hydrogen) atoms. The van der Waals surface area contributed by atoms with Crippen LogP contribution in [0.5, 0.6) is 0 Å². The van der Waals surface area contributed by atoms with Crippen molar-refractivity contribution in [2.45, 2.75) is 28.5 Å². The fourth-order valence-corrected chi connectivity index (χ4v) is 5.12. The molecule has 1 heterocycles. The first-order valence-corrected chi connectivity index (χ1v) is 9.08. The van der Waals surface area contributed by atoms with Crippen LogP contribution in [0, 0.1) is 0 Å². The van der Waals surface area contributed by atoms with Gasteiger partial charge in [-0.15, -0.1) is 0 Å². The molecule has 0 bridgehead atoms. The average molecular weight is 371 g/mol. The zero-order chi connectivity index (χ0) is 18.2. The number of hydroxylamine groups is 2. The average Bonchev–Trinajstić information content (AvgIpc) is 2.95. The van der Waals surface area contributed by atoms with Crippen LogP contribution in [0.25, 0.3) is 0 Å². The molecule has 0 amide bonds. The highest BCUT2D eigenvalue weighted by atomic mass is 32.2. The SMILES string of the molecule is CN1O[C@H](C(F)(F)F)[C@@H](S(=O)(=O)c2ccccc2)[C@@H]1c1ccccc1. The van der Waals surface area contributed by atoms with E-state index in [1.54, 1.807) is 36.4 Å². The fraction of sp³-hybridized carbons (Fsp3) is 0.294. The third-order valence-electron chi connectivity index (χ3n) is 4.17. The first kappa shape index (κ1) is 17.9. The minimum atomic E-state index is -4.82. The number of benzene rings is 2. The molecule has 1 fully saturated rings. The predicted molar refractivity (Wildman–Crippen MR) is 85.3 cm³/mol. The van der Waals surface area contributed by atoms with Gasteiger partial charge in [-0.1, -0.05) is 48.5 Å². The van der Waals surface area contributed by atoms with Gasteiger partial charge < -0.3 is 0 Å². The molecule has 2 aromatic rings. The maximum absolute atomic E-state index is 13.5. The van der Waals surface area contributed by atoms with Crippen LogP contribution < -0.4 is 0 Å². The summed E-state index contributed by atoms with van der Waals surface area (Å²) in [6.45, 7) is 0. The molecule has 1 aliphatic rings. The van der Waals surface area contributed by atoms with E-state index in [-0.39, 0.29) is 4.90 Å². The number of sulfone groups is 1. The predicted octanol–water partition coefficient (Wildman–Crippen LogP) is 3.38. The molecule has 3 atom stereocenters. The Labute approximate surface area is 143 Å². The second-order valence-electron chi connectivity index (χ2n) is 5.79. The molecule has 3 rings (SSSR count). The standard InChI is InChI=1S/C17H16F3NO3S/c1-21-14(12-8-4-2-5-9-12)15(16(24-21)17(18,19)20)25(22,23)13-10-6-3-7-11-13/h2-11,14-16H,1H3/t14-,15-,16-/m0/s1. The summed E-state index contributed by atoms with van der Waals surface area (Å²) < 4.78 is 66.5. The van der Waals surface area contributed by atoms with Crippen molar-refractivity contribution in [2.75, 3.05) is 7.05 Å². The molecule has 2 aromatic carbocycles. The summed E-state index contributed by atoms with van der Waals surface area (Å²) in [4.78, 5) is 4.78. The fourth-order valence-electron chi connectivity index (χ4n) is 3.07. The van der Waals surface area contributed by atoms with Crippen LogP contribution in [-0.4, -0.2) is 38.1 Å². The highest BCUT2D eigenvalue weighted by Gasteiger charge is 2.60. The van der Waals surface area contributed by atoms with Gasteiger partial charge in [-0.25, -0.2) is 8.42 Å².